The molecule has 3 aromatic heterocycles. The van der Waals surface area contributed by atoms with Crippen molar-refractivity contribution in [3.8, 4) is 11.1 Å². The second-order valence-electron chi connectivity index (χ2n) is 8.55. The summed E-state index contributed by atoms with van der Waals surface area (Å²) in [4.78, 5) is 46.9. The number of carbonyl (C=O) groups excluding carboxylic acids is 2. The maximum Gasteiger partial charge on any atom is 0.308 e. The number of amides is 1. The average molecular weight is 457 g/mol. The molecule has 3 heterocycles. The predicted octanol–water partition coefficient (Wildman–Crippen LogP) is 3.37. The Kier molecular flexibility index (Phi) is 5.79. The molecule has 4 aromatic rings. The van der Waals surface area contributed by atoms with Gasteiger partial charge in [0.15, 0.2) is 5.65 Å². The van der Waals surface area contributed by atoms with Gasteiger partial charge >= 0.3 is 5.97 Å². The van der Waals surface area contributed by atoms with Crippen LogP contribution in [-0.2, 0) is 9.53 Å². The van der Waals surface area contributed by atoms with Crippen LogP contribution in [0.25, 0.3) is 27.7 Å². The molecule has 0 atom stereocenters. The Labute approximate surface area is 195 Å². The van der Waals surface area contributed by atoms with Gasteiger partial charge in [0.2, 0.25) is 0 Å². The molecular formula is C26H24N4O4. The number of fused-ring (bicyclic) bond motifs is 2. The van der Waals surface area contributed by atoms with Crippen molar-refractivity contribution < 1.29 is 14.3 Å². The van der Waals surface area contributed by atoms with Crippen molar-refractivity contribution in [3.05, 3.63) is 77.0 Å². The van der Waals surface area contributed by atoms with Crippen LogP contribution in [0.4, 0.5) is 0 Å². The third kappa shape index (κ3) is 4.03. The summed E-state index contributed by atoms with van der Waals surface area (Å²) in [5.41, 5.74) is 2.81. The second-order valence-corrected chi connectivity index (χ2v) is 8.55. The third-order valence-electron chi connectivity index (χ3n) is 6.49. The Morgan fingerprint density at radius 2 is 1.79 bits per heavy atom. The molecule has 1 amide bonds. The Hall–Kier alpha value is -4.07. The monoisotopic (exact) mass is 456 g/mol. The van der Waals surface area contributed by atoms with Gasteiger partial charge in [-0.05, 0) is 73.2 Å². The number of pyridine rings is 2. The predicted molar refractivity (Wildman–Crippen MR) is 127 cm³/mol. The lowest BCUT2D eigenvalue weighted by atomic mass is 9.86. The van der Waals surface area contributed by atoms with E-state index < -0.39 is 0 Å². The SMILES string of the molecule is COC(=O)C1CCC(NC(=O)c2cccn3c(=O)c4cc(-c5ccncc5)ccc4nc23)CC1. The van der Waals surface area contributed by atoms with E-state index in [0.29, 0.717) is 47.8 Å². The lowest BCUT2D eigenvalue weighted by Gasteiger charge is -2.27. The van der Waals surface area contributed by atoms with E-state index in [2.05, 4.69) is 15.3 Å². The highest BCUT2D eigenvalue weighted by atomic mass is 16.5. The first kappa shape index (κ1) is 21.8. The van der Waals surface area contributed by atoms with Gasteiger partial charge in [0.1, 0.15) is 0 Å². The number of methoxy groups -OCH3 is 1. The lowest BCUT2D eigenvalue weighted by Crippen LogP contribution is -2.39. The van der Waals surface area contributed by atoms with Crippen molar-refractivity contribution in [2.45, 2.75) is 31.7 Å². The molecule has 1 aliphatic carbocycles. The van der Waals surface area contributed by atoms with Crippen molar-refractivity contribution in [1.29, 1.82) is 0 Å². The van der Waals surface area contributed by atoms with E-state index in [1.54, 1.807) is 36.8 Å². The van der Waals surface area contributed by atoms with Crippen molar-refractivity contribution in [3.63, 3.8) is 0 Å². The molecule has 0 bridgehead atoms. The van der Waals surface area contributed by atoms with Crippen LogP contribution in [0.2, 0.25) is 0 Å². The van der Waals surface area contributed by atoms with Gasteiger partial charge in [0.05, 0.1) is 29.5 Å². The average Bonchev–Trinajstić information content (AvgIpc) is 2.89. The molecule has 5 rings (SSSR count). The van der Waals surface area contributed by atoms with Crippen LogP contribution in [0.3, 0.4) is 0 Å². The molecule has 1 aromatic carbocycles. The van der Waals surface area contributed by atoms with E-state index in [1.807, 2.05) is 24.3 Å². The summed E-state index contributed by atoms with van der Waals surface area (Å²) in [5.74, 6) is -0.583. The molecule has 0 saturated heterocycles. The fourth-order valence-corrected chi connectivity index (χ4v) is 4.63. The van der Waals surface area contributed by atoms with Gasteiger partial charge in [-0.15, -0.1) is 0 Å². The summed E-state index contributed by atoms with van der Waals surface area (Å²) >= 11 is 0. The first-order chi connectivity index (χ1) is 16.5. The summed E-state index contributed by atoms with van der Waals surface area (Å²) < 4.78 is 6.25. The number of hydrogen-bond acceptors (Lipinski definition) is 6. The van der Waals surface area contributed by atoms with Crippen LogP contribution in [0.5, 0.6) is 0 Å². The number of rotatable bonds is 4. The topological polar surface area (TPSA) is 103 Å². The molecule has 172 valence electrons. The molecule has 34 heavy (non-hydrogen) atoms. The molecule has 0 radical (unpaired) electrons. The van der Waals surface area contributed by atoms with Gasteiger partial charge in [-0.1, -0.05) is 6.07 Å². The fraction of sp³-hybridized carbons (Fsp3) is 0.269. The number of esters is 1. The molecule has 8 heteroatoms. The summed E-state index contributed by atoms with van der Waals surface area (Å²) in [6.07, 6.45) is 7.79. The second kappa shape index (κ2) is 9.05. The molecule has 1 fully saturated rings. The molecule has 0 spiro atoms. The lowest BCUT2D eigenvalue weighted by molar-refractivity contribution is -0.146. The van der Waals surface area contributed by atoms with Crippen LogP contribution >= 0.6 is 0 Å². The van der Waals surface area contributed by atoms with Crippen LogP contribution < -0.4 is 10.9 Å². The number of nitrogens with one attached hydrogen (secondary N) is 1. The normalized spacial score (nSPS) is 18.0. The Balaban J connectivity index is 1.45. The Morgan fingerprint density at radius 3 is 2.53 bits per heavy atom. The summed E-state index contributed by atoms with van der Waals surface area (Å²) in [6, 6.07) is 12.6. The smallest absolute Gasteiger partial charge is 0.308 e. The maximum absolute atomic E-state index is 13.3. The molecular weight excluding hydrogens is 432 g/mol. The van der Waals surface area contributed by atoms with Crippen molar-refractivity contribution >= 4 is 28.4 Å². The van der Waals surface area contributed by atoms with Gasteiger partial charge in [0.25, 0.3) is 11.5 Å². The van der Waals surface area contributed by atoms with Crippen LogP contribution in [-0.4, -0.2) is 39.4 Å². The highest BCUT2D eigenvalue weighted by Gasteiger charge is 2.28. The number of ether oxygens (including phenoxy) is 1. The number of aromatic nitrogens is 3. The number of nitrogens with zero attached hydrogens (tertiary/aromatic N) is 3. The highest BCUT2D eigenvalue weighted by molar-refractivity contribution is 6.01. The minimum absolute atomic E-state index is 0.0382. The molecule has 0 unspecified atom stereocenters. The van der Waals surface area contributed by atoms with Crippen LogP contribution in [0.1, 0.15) is 36.0 Å². The van der Waals surface area contributed by atoms with E-state index in [9.17, 15) is 14.4 Å². The van der Waals surface area contributed by atoms with E-state index in [0.717, 1.165) is 11.1 Å². The Bertz CT molecular complexity index is 1440. The number of carbonyl (C=O) groups is 2. The Morgan fingerprint density at radius 1 is 1.03 bits per heavy atom. The number of benzene rings is 1. The fourth-order valence-electron chi connectivity index (χ4n) is 4.63. The van der Waals surface area contributed by atoms with Crippen LogP contribution in [0, 0.1) is 5.92 Å². The molecule has 0 aliphatic heterocycles. The third-order valence-corrected chi connectivity index (χ3v) is 6.49. The molecule has 8 nitrogen and oxygen atoms in total. The van der Waals surface area contributed by atoms with Gasteiger partial charge in [-0.2, -0.15) is 0 Å². The van der Waals surface area contributed by atoms with Crippen molar-refractivity contribution in [2.75, 3.05) is 7.11 Å². The van der Waals surface area contributed by atoms with Crippen LogP contribution in [0.15, 0.2) is 65.8 Å². The minimum Gasteiger partial charge on any atom is -0.469 e. The zero-order chi connectivity index (χ0) is 23.7. The largest absolute Gasteiger partial charge is 0.469 e. The number of hydrogen-bond donors (Lipinski definition) is 1. The zero-order valence-electron chi connectivity index (χ0n) is 18.7. The van der Waals surface area contributed by atoms with Crippen molar-refractivity contribution in [2.24, 2.45) is 5.92 Å². The van der Waals surface area contributed by atoms with Gasteiger partial charge in [0, 0.05) is 24.6 Å². The molecule has 1 saturated carbocycles. The maximum atomic E-state index is 13.3. The highest BCUT2D eigenvalue weighted by Crippen LogP contribution is 2.26. The molecule has 1 N–H and O–H groups in total. The van der Waals surface area contributed by atoms with Gasteiger partial charge in [-0.25, -0.2) is 4.98 Å². The van der Waals surface area contributed by atoms with Gasteiger partial charge in [-0.3, -0.25) is 23.8 Å². The van der Waals surface area contributed by atoms with Crippen molar-refractivity contribution in [1.82, 2.24) is 19.7 Å². The molecule has 1 aliphatic rings. The zero-order valence-corrected chi connectivity index (χ0v) is 18.7. The standard InChI is InChI=1S/C26H24N4O4/c1-34-26(33)17-4-7-19(8-5-17)28-24(31)20-3-2-14-30-23(20)29-22-9-6-18(15-21(22)25(30)32)16-10-12-27-13-11-16/h2-3,6,9-15,17,19H,4-5,7-8H2,1H3,(H,28,31). The summed E-state index contributed by atoms with van der Waals surface area (Å²) in [6.45, 7) is 0. The van der Waals surface area contributed by atoms with E-state index in [1.165, 1.54) is 11.5 Å². The van der Waals surface area contributed by atoms with E-state index in [-0.39, 0.29) is 29.4 Å². The first-order valence-corrected chi connectivity index (χ1v) is 11.3. The summed E-state index contributed by atoms with van der Waals surface area (Å²) in [7, 11) is 1.40. The summed E-state index contributed by atoms with van der Waals surface area (Å²) in [5, 5.41) is 3.53. The van der Waals surface area contributed by atoms with E-state index in [4.69, 9.17) is 4.74 Å². The minimum atomic E-state index is -0.278. The first-order valence-electron chi connectivity index (χ1n) is 11.3. The van der Waals surface area contributed by atoms with Gasteiger partial charge < -0.3 is 10.1 Å². The van der Waals surface area contributed by atoms with E-state index >= 15 is 0 Å². The quantitative estimate of drug-likeness (QED) is 0.373.